The Kier molecular flexibility index (Phi) is 8.73. The molecule has 0 aromatic heterocycles. The van der Waals surface area contributed by atoms with Crippen LogP contribution in [0.5, 0.6) is 0 Å². The number of hydrogen-bond donors (Lipinski definition) is 3. The van der Waals surface area contributed by atoms with Crippen LogP contribution in [0.1, 0.15) is 76.8 Å². The van der Waals surface area contributed by atoms with Gasteiger partial charge in [0.15, 0.2) is 0 Å². The van der Waals surface area contributed by atoms with Gasteiger partial charge in [-0.1, -0.05) is 93.8 Å². The van der Waals surface area contributed by atoms with E-state index in [1.807, 2.05) is 60.7 Å². The first-order valence-electron chi connectivity index (χ1n) is 16.4. The Balaban J connectivity index is 1.15. The van der Waals surface area contributed by atoms with Crippen molar-refractivity contribution in [3.63, 3.8) is 0 Å². The van der Waals surface area contributed by atoms with Crippen molar-refractivity contribution in [1.82, 2.24) is 10.6 Å². The van der Waals surface area contributed by atoms with E-state index in [0.717, 1.165) is 36.8 Å². The average Bonchev–Trinajstić information content (AvgIpc) is 3.34. The number of nitrogens with one attached hydrogen (secondary N) is 2. The molecule has 8 heteroatoms. The van der Waals surface area contributed by atoms with E-state index >= 15 is 0 Å². The zero-order valence-corrected chi connectivity index (χ0v) is 26.0. The number of hydrogen-bond acceptors (Lipinski definition) is 5. The highest BCUT2D eigenvalue weighted by Crippen LogP contribution is 2.65. The molecule has 2 amide bonds. The second-order valence-electron chi connectivity index (χ2n) is 14.4. The summed E-state index contributed by atoms with van der Waals surface area (Å²) in [5.74, 6) is 0.865. The van der Waals surface area contributed by atoms with E-state index in [-0.39, 0.29) is 34.9 Å². The summed E-state index contributed by atoms with van der Waals surface area (Å²) in [5, 5.41) is 6.31. The van der Waals surface area contributed by atoms with E-state index < -0.39 is 19.2 Å². The third kappa shape index (κ3) is 6.29. The van der Waals surface area contributed by atoms with Crippen LogP contribution in [0.3, 0.4) is 0 Å². The van der Waals surface area contributed by atoms with E-state index in [1.165, 1.54) is 12.8 Å². The molecule has 4 aliphatic carbocycles. The minimum atomic E-state index is -0.757. The Morgan fingerprint density at radius 2 is 1.63 bits per heavy atom. The molecule has 2 aromatic carbocycles. The molecule has 230 valence electrons. The van der Waals surface area contributed by atoms with Crippen LogP contribution < -0.4 is 16.4 Å². The normalized spacial score (nSPS) is 29.4. The van der Waals surface area contributed by atoms with Gasteiger partial charge in [0.2, 0.25) is 11.8 Å². The molecule has 0 unspecified atom stereocenters. The predicted molar refractivity (Wildman–Crippen MR) is 169 cm³/mol. The molecule has 5 fully saturated rings. The summed E-state index contributed by atoms with van der Waals surface area (Å²) in [7, 11) is -0.490. The van der Waals surface area contributed by atoms with Crippen LogP contribution in [-0.2, 0) is 31.7 Å². The molecule has 43 heavy (non-hydrogen) atoms. The molecule has 2 aromatic rings. The van der Waals surface area contributed by atoms with Crippen LogP contribution in [0.2, 0.25) is 0 Å². The maximum Gasteiger partial charge on any atom is 0.481 e. The minimum absolute atomic E-state index is 0.0532. The summed E-state index contributed by atoms with van der Waals surface area (Å²) in [5.41, 5.74) is 8.36. The van der Waals surface area contributed by atoms with Gasteiger partial charge in [0.05, 0.1) is 23.7 Å². The van der Waals surface area contributed by atoms with E-state index in [2.05, 4.69) is 31.4 Å². The lowest BCUT2D eigenvalue weighted by atomic mass is 9.43. The van der Waals surface area contributed by atoms with Crippen molar-refractivity contribution < 1.29 is 18.9 Å². The van der Waals surface area contributed by atoms with Crippen molar-refractivity contribution in [3.05, 3.63) is 71.8 Å². The Morgan fingerprint density at radius 3 is 2.26 bits per heavy atom. The van der Waals surface area contributed by atoms with Gasteiger partial charge in [-0.05, 0) is 73.3 Å². The Morgan fingerprint density at radius 1 is 0.953 bits per heavy atom. The summed E-state index contributed by atoms with van der Waals surface area (Å²) in [6, 6.07) is 18.4. The summed E-state index contributed by atoms with van der Waals surface area (Å²) in [6.07, 6.45) is 8.20. The minimum Gasteiger partial charge on any atom is -0.404 e. The highest BCUT2D eigenvalue weighted by molar-refractivity contribution is 6.48. The van der Waals surface area contributed by atoms with E-state index in [1.54, 1.807) is 0 Å². The summed E-state index contributed by atoms with van der Waals surface area (Å²) >= 11 is 0. The maximum atomic E-state index is 14.0. The predicted octanol–water partition coefficient (Wildman–Crippen LogP) is 4.62. The number of nitrogens with two attached hydrogens (primary N) is 1. The van der Waals surface area contributed by atoms with Crippen LogP contribution in [0, 0.1) is 23.2 Å². The highest BCUT2D eigenvalue weighted by Gasteiger charge is 2.68. The molecule has 1 heterocycles. The van der Waals surface area contributed by atoms with Crippen molar-refractivity contribution in [1.29, 1.82) is 0 Å². The third-order valence-corrected chi connectivity index (χ3v) is 11.3. The molecule has 4 saturated carbocycles. The molecule has 1 saturated heterocycles. The number of carbonyl (C=O) groups is 2. The molecular formula is C35H48BN3O4. The van der Waals surface area contributed by atoms with Gasteiger partial charge in [-0.25, -0.2) is 0 Å². The zero-order valence-electron chi connectivity index (χ0n) is 26.0. The van der Waals surface area contributed by atoms with E-state index in [4.69, 9.17) is 15.0 Å². The average molecular weight is 586 g/mol. The monoisotopic (exact) mass is 585 g/mol. The van der Waals surface area contributed by atoms with Gasteiger partial charge in [-0.2, -0.15) is 0 Å². The largest absolute Gasteiger partial charge is 0.481 e. The van der Waals surface area contributed by atoms with Crippen LogP contribution in [0.15, 0.2) is 60.7 Å². The Bertz CT molecular complexity index is 1270. The fourth-order valence-electron chi connectivity index (χ4n) is 8.12. The topological polar surface area (TPSA) is 103 Å². The summed E-state index contributed by atoms with van der Waals surface area (Å²) in [4.78, 5) is 27.3. The number of rotatable bonds is 12. The molecule has 4 N–H and O–H groups in total. The van der Waals surface area contributed by atoms with Gasteiger partial charge < -0.3 is 25.7 Å². The van der Waals surface area contributed by atoms with Gasteiger partial charge >= 0.3 is 7.12 Å². The van der Waals surface area contributed by atoms with Crippen molar-refractivity contribution in [3.8, 4) is 0 Å². The maximum absolute atomic E-state index is 14.0. The molecule has 7 atom stereocenters. The highest BCUT2D eigenvalue weighted by atomic mass is 16.7. The van der Waals surface area contributed by atoms with Crippen molar-refractivity contribution in [2.24, 2.45) is 28.9 Å². The molecule has 1 aliphatic heterocycles. The van der Waals surface area contributed by atoms with Gasteiger partial charge in [-0.3, -0.25) is 9.59 Å². The zero-order chi connectivity index (χ0) is 30.2. The van der Waals surface area contributed by atoms with Crippen LogP contribution in [0.4, 0.5) is 0 Å². The summed E-state index contributed by atoms with van der Waals surface area (Å²) in [6.45, 7) is 6.94. The number of amides is 2. The second kappa shape index (κ2) is 12.4. The summed E-state index contributed by atoms with van der Waals surface area (Å²) < 4.78 is 13.5. The van der Waals surface area contributed by atoms with Crippen LogP contribution in [0.25, 0.3) is 0 Å². The molecule has 0 radical (unpaired) electrons. The first kappa shape index (κ1) is 30.4. The fraction of sp³-hybridized carbons (Fsp3) is 0.600. The number of aryl methyl sites for hydroxylation is 1. The van der Waals surface area contributed by atoms with Crippen molar-refractivity contribution >= 4 is 18.9 Å². The second-order valence-corrected chi connectivity index (χ2v) is 14.4. The molecule has 7 nitrogen and oxygen atoms in total. The van der Waals surface area contributed by atoms with E-state index in [9.17, 15) is 9.59 Å². The molecule has 7 rings (SSSR count). The van der Waals surface area contributed by atoms with Crippen LogP contribution >= 0.6 is 0 Å². The SMILES string of the molecule is CC1(C)[C@@H]2C[C@H]3OB([C@H](CC4CCC4)NC(=O)[C@H](Cc4ccccc4)NC(=O)[C@@H](N)CCc4ccccc4)O[C@@]3(C)[C@H]1C2. The first-order chi connectivity index (χ1) is 20.6. The van der Waals surface area contributed by atoms with E-state index in [0.29, 0.717) is 37.0 Å². The third-order valence-electron chi connectivity index (χ3n) is 11.3. The number of carbonyl (C=O) groups excluding carboxylic acids is 2. The quantitative estimate of drug-likeness (QED) is 0.316. The molecule has 0 spiro atoms. The van der Waals surface area contributed by atoms with Gasteiger partial charge in [-0.15, -0.1) is 0 Å². The first-order valence-corrected chi connectivity index (χ1v) is 16.4. The van der Waals surface area contributed by atoms with Crippen molar-refractivity contribution in [2.45, 2.75) is 108 Å². The van der Waals surface area contributed by atoms with Crippen molar-refractivity contribution in [2.75, 3.05) is 0 Å². The van der Waals surface area contributed by atoms with Gasteiger partial charge in [0, 0.05) is 6.42 Å². The lowest BCUT2D eigenvalue weighted by molar-refractivity contribution is -0.199. The Hall–Kier alpha value is -2.68. The lowest BCUT2D eigenvalue weighted by Gasteiger charge is -2.64. The lowest BCUT2D eigenvalue weighted by Crippen LogP contribution is -2.65. The van der Waals surface area contributed by atoms with Gasteiger partial charge in [0.1, 0.15) is 6.04 Å². The standard InChI is InChI=1S/C35H48BN3O4/c1-34(2)26-21-29(34)35(3)30(22-26)42-36(43-35)31(20-25-15-10-16-25)39-33(41)28(19-24-13-8-5-9-14-24)38-32(40)27(37)18-17-23-11-6-4-7-12-23/h4-9,11-14,25-31H,10,15-22,37H2,1-3H3,(H,38,40)(H,39,41)/t26-,27-,28-,29-,30+,31-,35-/m0/s1. The van der Waals surface area contributed by atoms with Crippen LogP contribution in [-0.4, -0.2) is 48.7 Å². The number of benzene rings is 2. The molecule has 2 bridgehead atoms. The fourth-order valence-corrected chi connectivity index (χ4v) is 8.12. The smallest absolute Gasteiger partial charge is 0.404 e. The Labute approximate surface area is 257 Å². The molecule has 5 aliphatic rings. The molecular weight excluding hydrogens is 537 g/mol. The van der Waals surface area contributed by atoms with Gasteiger partial charge in [0.25, 0.3) is 0 Å².